The second-order valence-corrected chi connectivity index (χ2v) is 6.94. The van der Waals surface area contributed by atoms with Crippen LogP contribution in [0, 0.1) is 0 Å². The molecular formula is C19H16ClN5O2. The van der Waals surface area contributed by atoms with E-state index in [0.29, 0.717) is 23.9 Å². The summed E-state index contributed by atoms with van der Waals surface area (Å²) in [5.74, 6) is 0.452. The number of nitrogens with one attached hydrogen (secondary N) is 3. The maximum absolute atomic E-state index is 12.3. The number of H-pyrrole nitrogens is 2. The molecule has 0 saturated heterocycles. The molecule has 0 unspecified atom stereocenters. The molecule has 5 rings (SSSR count). The van der Waals surface area contributed by atoms with Gasteiger partial charge in [0.25, 0.3) is 0 Å². The quantitative estimate of drug-likeness (QED) is 0.485. The van der Waals surface area contributed by atoms with E-state index < -0.39 is 6.09 Å². The monoisotopic (exact) mass is 381 g/mol. The number of rotatable bonds is 2. The lowest BCUT2D eigenvalue weighted by molar-refractivity contribution is -0.106. The zero-order valence-electron chi connectivity index (χ0n) is 14.3. The maximum atomic E-state index is 12.3. The molecule has 0 atom stereocenters. The standard InChI is InChI=1S/C19H16ClN5O2/c20-11-5-6-15-14(9-11)12-7-8-25(10-17(12)21-15)27-19(26)22-18-13-3-1-2-4-16(13)23-24-18/h1-6,9,21H,7-8,10H2,(H2,22,23,24,26). The molecule has 0 aliphatic carbocycles. The summed E-state index contributed by atoms with van der Waals surface area (Å²) >= 11 is 6.11. The number of nitrogens with zero attached hydrogens (tertiary/aromatic N) is 2. The number of para-hydroxylation sites is 1. The van der Waals surface area contributed by atoms with Crippen LogP contribution in [0.5, 0.6) is 0 Å². The summed E-state index contributed by atoms with van der Waals surface area (Å²) in [7, 11) is 0. The van der Waals surface area contributed by atoms with Crippen LogP contribution in [0.4, 0.5) is 10.6 Å². The molecule has 0 radical (unpaired) electrons. The number of carbonyl (C=O) groups excluding carboxylic acids is 1. The molecule has 136 valence electrons. The Bertz CT molecular complexity index is 1170. The molecule has 1 aliphatic rings. The highest BCUT2D eigenvalue weighted by molar-refractivity contribution is 6.31. The first-order chi connectivity index (χ1) is 13.2. The first-order valence-electron chi connectivity index (χ1n) is 8.63. The molecule has 0 fully saturated rings. The van der Waals surface area contributed by atoms with E-state index >= 15 is 0 Å². The number of hydrogen-bond donors (Lipinski definition) is 3. The highest BCUT2D eigenvalue weighted by Gasteiger charge is 2.23. The number of hydroxylamine groups is 2. The van der Waals surface area contributed by atoms with Crippen molar-refractivity contribution in [2.45, 2.75) is 13.0 Å². The summed E-state index contributed by atoms with van der Waals surface area (Å²) < 4.78 is 0. The van der Waals surface area contributed by atoms with E-state index in [1.165, 1.54) is 5.56 Å². The summed E-state index contributed by atoms with van der Waals surface area (Å²) in [6.07, 6.45) is 0.212. The van der Waals surface area contributed by atoms with Crippen molar-refractivity contribution in [3.63, 3.8) is 0 Å². The number of benzene rings is 2. The first kappa shape index (κ1) is 16.2. The van der Waals surface area contributed by atoms with Gasteiger partial charge in [0.15, 0.2) is 5.82 Å². The molecule has 2 aromatic carbocycles. The molecular weight excluding hydrogens is 366 g/mol. The lowest BCUT2D eigenvalue weighted by atomic mass is 10.0. The zero-order valence-corrected chi connectivity index (χ0v) is 15.0. The van der Waals surface area contributed by atoms with Gasteiger partial charge in [-0.1, -0.05) is 23.7 Å². The van der Waals surface area contributed by atoms with Crippen LogP contribution in [-0.2, 0) is 17.8 Å². The zero-order chi connectivity index (χ0) is 18.4. The molecule has 0 saturated carbocycles. The average Bonchev–Trinajstić information content (AvgIpc) is 3.22. The maximum Gasteiger partial charge on any atom is 0.432 e. The number of anilines is 1. The SMILES string of the molecule is O=C(Nc1n[nH]c2ccccc12)ON1CCc2c([nH]c3ccc(Cl)cc23)C1. The molecule has 0 spiro atoms. The second-order valence-electron chi connectivity index (χ2n) is 6.51. The molecule has 0 bridgehead atoms. The van der Waals surface area contributed by atoms with Gasteiger partial charge in [-0.25, -0.2) is 4.79 Å². The van der Waals surface area contributed by atoms with E-state index in [1.54, 1.807) is 5.06 Å². The molecule has 1 aliphatic heterocycles. The molecule has 3 heterocycles. The largest absolute Gasteiger partial charge is 0.432 e. The Morgan fingerprint density at radius 1 is 1.19 bits per heavy atom. The van der Waals surface area contributed by atoms with Crippen molar-refractivity contribution >= 4 is 45.3 Å². The molecule has 2 aromatic heterocycles. The molecule has 3 N–H and O–H groups in total. The third-order valence-corrected chi connectivity index (χ3v) is 5.04. The van der Waals surface area contributed by atoms with Gasteiger partial charge in [0, 0.05) is 33.6 Å². The van der Waals surface area contributed by atoms with Crippen LogP contribution in [0.1, 0.15) is 11.3 Å². The van der Waals surface area contributed by atoms with Crippen LogP contribution < -0.4 is 5.32 Å². The number of fused-ring (bicyclic) bond motifs is 4. The number of aromatic nitrogens is 3. The number of halogens is 1. The summed E-state index contributed by atoms with van der Waals surface area (Å²) in [6, 6.07) is 13.4. The second kappa shape index (κ2) is 6.29. The molecule has 1 amide bonds. The summed E-state index contributed by atoms with van der Waals surface area (Å²) in [4.78, 5) is 21.2. The van der Waals surface area contributed by atoms with Crippen molar-refractivity contribution in [1.29, 1.82) is 0 Å². The average molecular weight is 382 g/mol. The van der Waals surface area contributed by atoms with E-state index in [-0.39, 0.29) is 0 Å². The third-order valence-electron chi connectivity index (χ3n) is 4.81. The fraction of sp³-hybridized carbons (Fsp3) is 0.158. The smallest absolute Gasteiger partial charge is 0.357 e. The molecule has 27 heavy (non-hydrogen) atoms. The Hall–Kier alpha value is -3.03. The minimum atomic E-state index is -0.560. The third kappa shape index (κ3) is 2.90. The van der Waals surface area contributed by atoms with E-state index in [1.807, 2.05) is 42.5 Å². The Labute approximate surface area is 159 Å². The van der Waals surface area contributed by atoms with Crippen LogP contribution in [0.25, 0.3) is 21.8 Å². The summed E-state index contributed by atoms with van der Waals surface area (Å²) in [5.41, 5.74) is 4.16. The van der Waals surface area contributed by atoms with Crippen LogP contribution in [0.15, 0.2) is 42.5 Å². The number of carbonyl (C=O) groups is 1. The predicted octanol–water partition coefficient (Wildman–Crippen LogP) is 4.22. The van der Waals surface area contributed by atoms with Gasteiger partial charge in [-0.2, -0.15) is 5.10 Å². The summed E-state index contributed by atoms with van der Waals surface area (Å²) in [6.45, 7) is 1.11. The number of aromatic amines is 2. The van der Waals surface area contributed by atoms with Crippen molar-refractivity contribution in [2.24, 2.45) is 0 Å². The van der Waals surface area contributed by atoms with Crippen LogP contribution >= 0.6 is 11.6 Å². The lowest BCUT2D eigenvalue weighted by Crippen LogP contribution is -2.34. The Morgan fingerprint density at radius 2 is 2.07 bits per heavy atom. The van der Waals surface area contributed by atoms with Gasteiger partial charge in [0.05, 0.1) is 12.1 Å². The van der Waals surface area contributed by atoms with E-state index in [9.17, 15) is 4.79 Å². The van der Waals surface area contributed by atoms with Crippen molar-refractivity contribution in [2.75, 3.05) is 11.9 Å². The Morgan fingerprint density at radius 3 is 3.00 bits per heavy atom. The highest BCUT2D eigenvalue weighted by Crippen LogP contribution is 2.29. The highest BCUT2D eigenvalue weighted by atomic mass is 35.5. The van der Waals surface area contributed by atoms with E-state index in [0.717, 1.165) is 33.9 Å². The topological polar surface area (TPSA) is 86.0 Å². The van der Waals surface area contributed by atoms with Crippen molar-refractivity contribution in [3.05, 3.63) is 58.7 Å². The first-order valence-corrected chi connectivity index (χ1v) is 9.01. The minimum absolute atomic E-state index is 0.452. The van der Waals surface area contributed by atoms with Crippen molar-refractivity contribution in [3.8, 4) is 0 Å². The lowest BCUT2D eigenvalue weighted by Gasteiger charge is -2.25. The van der Waals surface area contributed by atoms with Crippen LogP contribution in [-0.4, -0.2) is 32.9 Å². The fourth-order valence-electron chi connectivity index (χ4n) is 3.56. The normalized spacial score (nSPS) is 14.4. The van der Waals surface area contributed by atoms with Gasteiger partial charge >= 0.3 is 6.09 Å². The van der Waals surface area contributed by atoms with Crippen LogP contribution in [0.2, 0.25) is 5.02 Å². The molecule has 7 nitrogen and oxygen atoms in total. The van der Waals surface area contributed by atoms with Gasteiger partial charge < -0.3 is 9.82 Å². The van der Waals surface area contributed by atoms with Crippen molar-refractivity contribution < 1.29 is 9.63 Å². The fourth-order valence-corrected chi connectivity index (χ4v) is 3.73. The van der Waals surface area contributed by atoms with Gasteiger partial charge in [0.1, 0.15) is 0 Å². The van der Waals surface area contributed by atoms with Crippen molar-refractivity contribution in [1.82, 2.24) is 20.2 Å². The van der Waals surface area contributed by atoms with Crippen LogP contribution in [0.3, 0.4) is 0 Å². The van der Waals surface area contributed by atoms with Gasteiger partial charge in [0.2, 0.25) is 0 Å². The Balaban J connectivity index is 1.31. The molecule has 4 aromatic rings. The number of hydrogen-bond acceptors (Lipinski definition) is 4. The minimum Gasteiger partial charge on any atom is -0.357 e. The number of amides is 1. The predicted molar refractivity (Wildman–Crippen MR) is 104 cm³/mol. The van der Waals surface area contributed by atoms with Gasteiger partial charge in [-0.05, 0) is 42.3 Å². The molecule has 8 heteroatoms. The Kier molecular flexibility index (Phi) is 3.77. The van der Waals surface area contributed by atoms with Gasteiger partial charge in [-0.3, -0.25) is 10.4 Å². The van der Waals surface area contributed by atoms with E-state index in [2.05, 4.69) is 20.5 Å². The van der Waals surface area contributed by atoms with Gasteiger partial charge in [-0.15, -0.1) is 5.06 Å². The summed E-state index contributed by atoms with van der Waals surface area (Å²) in [5, 5.41) is 14.0. The van der Waals surface area contributed by atoms with E-state index in [4.69, 9.17) is 16.4 Å².